The maximum atomic E-state index is 11.0. The van der Waals surface area contributed by atoms with Gasteiger partial charge in [-0.25, -0.2) is 14.3 Å². The molecule has 0 aliphatic carbocycles. The van der Waals surface area contributed by atoms with Gasteiger partial charge in [-0.1, -0.05) is 37.6 Å². The summed E-state index contributed by atoms with van der Waals surface area (Å²) in [4.78, 5) is 15.5. The normalized spacial score (nSPS) is 11.0. The summed E-state index contributed by atoms with van der Waals surface area (Å²) in [6.45, 7) is 2.17. The molecule has 1 aromatic carbocycles. The van der Waals surface area contributed by atoms with Gasteiger partial charge in [0.05, 0.1) is 5.56 Å². The maximum Gasteiger partial charge on any atom is 0.337 e. The van der Waals surface area contributed by atoms with Gasteiger partial charge in [-0.15, -0.1) is 5.10 Å². The molecule has 0 bridgehead atoms. The van der Waals surface area contributed by atoms with Crippen molar-refractivity contribution in [2.45, 2.75) is 26.2 Å². The Kier molecular flexibility index (Phi) is 3.87. The molecule has 2 aromatic heterocycles. The summed E-state index contributed by atoms with van der Waals surface area (Å²) in [7, 11) is 0. The van der Waals surface area contributed by atoms with E-state index in [0.717, 1.165) is 24.8 Å². The van der Waals surface area contributed by atoms with Gasteiger partial charge in [0.1, 0.15) is 0 Å². The molecule has 3 aromatic rings. The minimum Gasteiger partial charge on any atom is -0.478 e. The quantitative estimate of drug-likeness (QED) is 0.783. The zero-order chi connectivity index (χ0) is 15.5. The number of carbonyl (C=O) groups is 1. The largest absolute Gasteiger partial charge is 0.478 e. The first-order valence-electron chi connectivity index (χ1n) is 7.37. The predicted octanol–water partition coefficient (Wildman–Crippen LogP) is 3.44. The van der Waals surface area contributed by atoms with Crippen molar-refractivity contribution in [1.29, 1.82) is 0 Å². The van der Waals surface area contributed by atoms with Crippen molar-refractivity contribution in [3.05, 3.63) is 53.7 Å². The number of carboxylic acid groups (broad SMARTS) is 1. The van der Waals surface area contributed by atoms with Gasteiger partial charge in [0.15, 0.2) is 11.5 Å². The van der Waals surface area contributed by atoms with Gasteiger partial charge in [0, 0.05) is 11.8 Å². The molecule has 5 heteroatoms. The molecule has 0 radical (unpaired) electrons. The van der Waals surface area contributed by atoms with Crippen LogP contribution in [0.3, 0.4) is 0 Å². The molecular formula is C17H17N3O2. The lowest BCUT2D eigenvalue weighted by Crippen LogP contribution is -1.99. The lowest BCUT2D eigenvalue weighted by molar-refractivity contribution is 0.0696. The van der Waals surface area contributed by atoms with E-state index in [0.29, 0.717) is 11.5 Å². The van der Waals surface area contributed by atoms with E-state index in [1.807, 2.05) is 18.2 Å². The second-order valence-corrected chi connectivity index (χ2v) is 5.22. The predicted molar refractivity (Wildman–Crippen MR) is 84.0 cm³/mol. The van der Waals surface area contributed by atoms with E-state index in [1.54, 1.807) is 12.1 Å². The van der Waals surface area contributed by atoms with Gasteiger partial charge in [-0.3, -0.25) is 0 Å². The Balaban J connectivity index is 2.05. The van der Waals surface area contributed by atoms with Gasteiger partial charge < -0.3 is 5.11 Å². The second-order valence-electron chi connectivity index (χ2n) is 5.22. The summed E-state index contributed by atoms with van der Waals surface area (Å²) in [5, 5.41) is 13.5. The third-order valence-electron chi connectivity index (χ3n) is 3.64. The van der Waals surface area contributed by atoms with Crippen LogP contribution in [0.2, 0.25) is 0 Å². The van der Waals surface area contributed by atoms with E-state index in [1.165, 1.54) is 16.3 Å². The number of aromatic carboxylic acids is 1. The van der Waals surface area contributed by atoms with Gasteiger partial charge in [-0.05, 0) is 30.5 Å². The van der Waals surface area contributed by atoms with E-state index < -0.39 is 5.97 Å². The Morgan fingerprint density at radius 3 is 2.82 bits per heavy atom. The van der Waals surface area contributed by atoms with Crippen LogP contribution in [-0.4, -0.2) is 25.7 Å². The fourth-order valence-electron chi connectivity index (χ4n) is 2.45. The standard InChI is InChI=1S/C17H17N3O2/c1-2-3-6-12-7-4-5-8-14(12)16-18-15-10-9-13(17(21)22)11-20(15)19-16/h4-5,7-11H,2-3,6H2,1H3,(H,21,22). The highest BCUT2D eigenvalue weighted by atomic mass is 16.4. The van der Waals surface area contributed by atoms with Gasteiger partial charge >= 0.3 is 5.97 Å². The number of aryl methyl sites for hydroxylation is 1. The van der Waals surface area contributed by atoms with Crippen LogP contribution in [-0.2, 0) is 6.42 Å². The highest BCUT2D eigenvalue weighted by molar-refractivity contribution is 5.87. The van der Waals surface area contributed by atoms with Crippen molar-refractivity contribution < 1.29 is 9.90 Å². The Bertz CT molecular complexity index is 824. The van der Waals surface area contributed by atoms with Crippen LogP contribution in [0.1, 0.15) is 35.7 Å². The molecule has 0 unspecified atom stereocenters. The van der Waals surface area contributed by atoms with Crippen molar-refractivity contribution in [2.24, 2.45) is 0 Å². The molecule has 5 nitrogen and oxygen atoms in total. The zero-order valence-electron chi connectivity index (χ0n) is 12.4. The van der Waals surface area contributed by atoms with Crippen LogP contribution in [0.15, 0.2) is 42.6 Å². The molecule has 0 fully saturated rings. The summed E-state index contributed by atoms with van der Waals surface area (Å²) in [5.41, 5.74) is 3.07. The molecular weight excluding hydrogens is 278 g/mol. The minimum absolute atomic E-state index is 0.197. The highest BCUT2D eigenvalue weighted by Crippen LogP contribution is 2.23. The fraction of sp³-hybridized carbons (Fsp3) is 0.235. The van der Waals surface area contributed by atoms with Gasteiger partial charge in [0.2, 0.25) is 0 Å². The monoisotopic (exact) mass is 295 g/mol. The summed E-state index contributed by atoms with van der Waals surface area (Å²) in [5.74, 6) is -0.337. The van der Waals surface area contributed by atoms with Crippen LogP contribution in [0, 0.1) is 0 Å². The smallest absolute Gasteiger partial charge is 0.337 e. The zero-order valence-corrected chi connectivity index (χ0v) is 12.4. The average Bonchev–Trinajstić information content (AvgIpc) is 2.96. The summed E-state index contributed by atoms with van der Waals surface area (Å²) >= 11 is 0. The SMILES string of the molecule is CCCCc1ccccc1-c1nc2ccc(C(=O)O)cn2n1. The summed E-state index contributed by atoms with van der Waals surface area (Å²) < 4.78 is 1.52. The molecule has 22 heavy (non-hydrogen) atoms. The van der Waals surface area contributed by atoms with Gasteiger partial charge in [0.25, 0.3) is 0 Å². The molecule has 0 saturated carbocycles. The number of carboxylic acids is 1. The third-order valence-corrected chi connectivity index (χ3v) is 3.64. The lowest BCUT2D eigenvalue weighted by Gasteiger charge is -2.05. The molecule has 0 aliphatic rings. The third kappa shape index (κ3) is 2.70. The van der Waals surface area contributed by atoms with Crippen molar-refractivity contribution in [3.8, 4) is 11.4 Å². The Morgan fingerprint density at radius 2 is 2.05 bits per heavy atom. The lowest BCUT2D eigenvalue weighted by atomic mass is 10.0. The minimum atomic E-state index is -0.970. The molecule has 112 valence electrons. The molecule has 0 atom stereocenters. The molecule has 0 saturated heterocycles. The molecule has 1 N–H and O–H groups in total. The number of nitrogens with zero attached hydrogens (tertiary/aromatic N) is 3. The van der Waals surface area contributed by atoms with E-state index in [4.69, 9.17) is 5.11 Å². The van der Waals surface area contributed by atoms with E-state index in [-0.39, 0.29) is 5.56 Å². The fourth-order valence-corrected chi connectivity index (χ4v) is 2.45. The first-order valence-corrected chi connectivity index (χ1v) is 7.37. The average molecular weight is 295 g/mol. The summed E-state index contributed by atoms with van der Waals surface area (Å²) in [6.07, 6.45) is 4.73. The Labute approximate surface area is 128 Å². The number of fused-ring (bicyclic) bond motifs is 1. The maximum absolute atomic E-state index is 11.0. The Hall–Kier alpha value is -2.69. The van der Waals surface area contributed by atoms with Gasteiger partial charge in [-0.2, -0.15) is 0 Å². The van der Waals surface area contributed by atoms with E-state index >= 15 is 0 Å². The first kappa shape index (κ1) is 14.3. The second kappa shape index (κ2) is 5.97. The van der Waals surface area contributed by atoms with E-state index in [9.17, 15) is 4.79 Å². The number of benzene rings is 1. The van der Waals surface area contributed by atoms with E-state index in [2.05, 4.69) is 23.1 Å². The van der Waals surface area contributed by atoms with Crippen LogP contribution < -0.4 is 0 Å². The first-order chi connectivity index (χ1) is 10.7. The number of rotatable bonds is 5. The van der Waals surface area contributed by atoms with Crippen LogP contribution >= 0.6 is 0 Å². The highest BCUT2D eigenvalue weighted by Gasteiger charge is 2.12. The van der Waals surface area contributed by atoms with Crippen LogP contribution in [0.25, 0.3) is 17.0 Å². The molecule has 0 amide bonds. The van der Waals surface area contributed by atoms with Crippen LogP contribution in [0.4, 0.5) is 0 Å². The Morgan fingerprint density at radius 1 is 1.23 bits per heavy atom. The molecule has 3 rings (SSSR count). The molecule has 0 spiro atoms. The number of hydrogen-bond donors (Lipinski definition) is 1. The van der Waals surface area contributed by atoms with Crippen molar-refractivity contribution in [2.75, 3.05) is 0 Å². The topological polar surface area (TPSA) is 67.5 Å². The molecule has 2 heterocycles. The molecule has 0 aliphatic heterocycles. The number of pyridine rings is 1. The number of hydrogen-bond acceptors (Lipinski definition) is 3. The van der Waals surface area contributed by atoms with Crippen LogP contribution in [0.5, 0.6) is 0 Å². The van der Waals surface area contributed by atoms with Crippen molar-refractivity contribution in [1.82, 2.24) is 14.6 Å². The van der Waals surface area contributed by atoms with Crippen molar-refractivity contribution in [3.63, 3.8) is 0 Å². The summed E-state index contributed by atoms with van der Waals surface area (Å²) in [6, 6.07) is 11.3. The van der Waals surface area contributed by atoms with Crippen molar-refractivity contribution >= 4 is 11.6 Å². The number of aromatic nitrogens is 3. The number of unbranched alkanes of at least 4 members (excludes halogenated alkanes) is 1.